The Balaban J connectivity index is 1.61. The maximum absolute atomic E-state index is 11.8. The Morgan fingerprint density at radius 3 is 3.00 bits per heavy atom. The van der Waals surface area contributed by atoms with E-state index in [0.717, 1.165) is 6.42 Å². The van der Waals surface area contributed by atoms with Crippen molar-refractivity contribution in [2.45, 2.75) is 18.4 Å². The van der Waals surface area contributed by atoms with Gasteiger partial charge in [-0.2, -0.15) is 0 Å². The van der Waals surface area contributed by atoms with Gasteiger partial charge in [0.25, 0.3) is 5.91 Å². The molecule has 17 heavy (non-hydrogen) atoms. The van der Waals surface area contributed by atoms with E-state index in [2.05, 4.69) is 27.8 Å². The van der Waals surface area contributed by atoms with Crippen LogP contribution in [-0.4, -0.2) is 16.9 Å². The largest absolute Gasteiger partial charge is 0.347 e. The lowest BCUT2D eigenvalue weighted by Crippen LogP contribution is -2.27. The summed E-state index contributed by atoms with van der Waals surface area (Å²) in [5.41, 5.74) is 0.490. The molecule has 1 N–H and O–H groups in total. The van der Waals surface area contributed by atoms with Crippen LogP contribution in [0.2, 0.25) is 0 Å². The molecule has 0 aliphatic heterocycles. The molecule has 0 bridgehead atoms. The van der Waals surface area contributed by atoms with Gasteiger partial charge in [-0.15, -0.1) is 11.3 Å². The van der Waals surface area contributed by atoms with Crippen LogP contribution in [0, 0.1) is 0 Å². The van der Waals surface area contributed by atoms with Gasteiger partial charge in [0, 0.05) is 23.0 Å². The molecular weight excluding hydrogens is 232 g/mol. The van der Waals surface area contributed by atoms with Crippen LogP contribution in [0.3, 0.4) is 0 Å². The van der Waals surface area contributed by atoms with E-state index in [4.69, 9.17) is 0 Å². The van der Waals surface area contributed by atoms with Crippen LogP contribution in [0.25, 0.3) is 0 Å². The Labute approximate surface area is 104 Å². The van der Waals surface area contributed by atoms with E-state index in [1.807, 2.05) is 12.1 Å². The molecule has 0 aromatic carbocycles. The maximum Gasteiger partial charge on any atom is 0.270 e. The number of pyridine rings is 1. The number of amides is 1. The average molecular weight is 244 g/mol. The molecule has 1 aliphatic rings. The molecule has 2 heterocycles. The zero-order valence-corrected chi connectivity index (χ0v) is 9.98. The number of nitrogens with zero attached hydrogens (tertiary/aromatic N) is 1. The first-order valence-corrected chi connectivity index (χ1v) is 6.48. The number of aromatic nitrogens is 1. The van der Waals surface area contributed by atoms with Crippen molar-refractivity contribution in [1.82, 2.24) is 10.3 Å². The summed E-state index contributed by atoms with van der Waals surface area (Å²) in [6.45, 7) is 0. The topological polar surface area (TPSA) is 42.0 Å². The second-order valence-electron chi connectivity index (χ2n) is 4.15. The van der Waals surface area contributed by atoms with E-state index in [-0.39, 0.29) is 11.9 Å². The van der Waals surface area contributed by atoms with Crippen molar-refractivity contribution < 1.29 is 4.79 Å². The van der Waals surface area contributed by atoms with Gasteiger partial charge >= 0.3 is 0 Å². The van der Waals surface area contributed by atoms with Crippen LogP contribution >= 0.6 is 11.3 Å². The lowest BCUT2D eigenvalue weighted by atomic mass is 10.3. The molecule has 3 rings (SSSR count). The van der Waals surface area contributed by atoms with Crippen molar-refractivity contribution >= 4 is 17.2 Å². The molecule has 2 aromatic rings. The number of rotatable bonds is 3. The highest BCUT2D eigenvalue weighted by molar-refractivity contribution is 7.10. The minimum Gasteiger partial charge on any atom is -0.347 e. The van der Waals surface area contributed by atoms with Gasteiger partial charge in [0.1, 0.15) is 5.69 Å². The van der Waals surface area contributed by atoms with Crippen molar-refractivity contribution in [3.63, 3.8) is 0 Å². The molecule has 0 radical (unpaired) electrons. The van der Waals surface area contributed by atoms with Crippen LogP contribution in [-0.2, 0) is 0 Å². The number of nitrogens with one attached hydrogen (secondary N) is 1. The predicted octanol–water partition coefficient (Wildman–Crippen LogP) is 2.43. The molecule has 1 saturated carbocycles. The summed E-state index contributed by atoms with van der Waals surface area (Å²) in [7, 11) is 0. The minimum atomic E-state index is -0.0744. The number of hydrogen-bond donors (Lipinski definition) is 1. The molecule has 2 unspecified atom stereocenters. The highest BCUT2D eigenvalue weighted by Gasteiger charge is 2.40. The fourth-order valence-corrected chi connectivity index (χ4v) is 2.82. The van der Waals surface area contributed by atoms with Crippen molar-refractivity contribution in [3.8, 4) is 0 Å². The first-order valence-electron chi connectivity index (χ1n) is 5.60. The summed E-state index contributed by atoms with van der Waals surface area (Å²) in [5, 5.41) is 5.09. The third-order valence-corrected chi connectivity index (χ3v) is 3.92. The summed E-state index contributed by atoms with van der Waals surface area (Å²) in [4.78, 5) is 17.2. The minimum absolute atomic E-state index is 0.0744. The first kappa shape index (κ1) is 10.5. The molecule has 1 fully saturated rings. The van der Waals surface area contributed by atoms with Gasteiger partial charge in [-0.25, -0.2) is 0 Å². The van der Waals surface area contributed by atoms with Crippen molar-refractivity contribution in [3.05, 3.63) is 52.5 Å². The normalized spacial score (nSPS) is 22.1. The molecule has 0 saturated heterocycles. The molecule has 4 heteroatoms. The van der Waals surface area contributed by atoms with Gasteiger partial charge < -0.3 is 5.32 Å². The number of hydrogen-bond acceptors (Lipinski definition) is 3. The van der Waals surface area contributed by atoms with Gasteiger partial charge in [0.2, 0.25) is 0 Å². The standard InChI is InChI=1S/C13H12N2OS/c16-13(10-4-1-2-6-14-10)15-11-8-9(11)12-5-3-7-17-12/h1-7,9,11H,8H2,(H,15,16). The van der Waals surface area contributed by atoms with E-state index in [0.29, 0.717) is 11.6 Å². The van der Waals surface area contributed by atoms with Gasteiger partial charge in [-0.05, 0) is 30.0 Å². The third-order valence-electron chi connectivity index (χ3n) is 2.91. The summed E-state index contributed by atoms with van der Waals surface area (Å²) in [6.07, 6.45) is 2.68. The molecule has 1 aliphatic carbocycles. The SMILES string of the molecule is O=C(NC1CC1c1cccs1)c1ccccn1. The summed E-state index contributed by atoms with van der Waals surface area (Å²) in [5.74, 6) is 0.428. The number of thiophene rings is 1. The van der Waals surface area contributed by atoms with Crippen LogP contribution < -0.4 is 5.32 Å². The molecule has 86 valence electrons. The number of carbonyl (C=O) groups excluding carboxylic acids is 1. The Morgan fingerprint density at radius 1 is 1.35 bits per heavy atom. The van der Waals surface area contributed by atoms with Gasteiger partial charge in [0.05, 0.1) is 0 Å². The van der Waals surface area contributed by atoms with E-state index in [9.17, 15) is 4.79 Å². The van der Waals surface area contributed by atoms with E-state index in [1.165, 1.54) is 4.88 Å². The van der Waals surface area contributed by atoms with E-state index >= 15 is 0 Å². The Morgan fingerprint density at radius 2 is 2.29 bits per heavy atom. The Hall–Kier alpha value is -1.68. The lowest BCUT2D eigenvalue weighted by Gasteiger charge is -2.02. The van der Waals surface area contributed by atoms with Gasteiger partial charge in [-0.3, -0.25) is 9.78 Å². The monoisotopic (exact) mass is 244 g/mol. The maximum atomic E-state index is 11.8. The van der Waals surface area contributed by atoms with Crippen molar-refractivity contribution in [2.24, 2.45) is 0 Å². The fraction of sp³-hybridized carbons (Fsp3) is 0.231. The molecular formula is C13H12N2OS. The quantitative estimate of drug-likeness (QED) is 0.901. The second kappa shape index (κ2) is 4.30. The van der Waals surface area contributed by atoms with Gasteiger partial charge in [0.15, 0.2) is 0 Å². The van der Waals surface area contributed by atoms with Crippen molar-refractivity contribution in [2.75, 3.05) is 0 Å². The molecule has 2 atom stereocenters. The first-order chi connectivity index (χ1) is 8.34. The van der Waals surface area contributed by atoms with E-state index < -0.39 is 0 Å². The molecule has 2 aromatic heterocycles. The fourth-order valence-electron chi connectivity index (χ4n) is 1.91. The van der Waals surface area contributed by atoms with Crippen LogP contribution in [0.15, 0.2) is 41.9 Å². The highest BCUT2D eigenvalue weighted by atomic mass is 32.1. The molecule has 0 spiro atoms. The lowest BCUT2D eigenvalue weighted by molar-refractivity contribution is 0.0945. The summed E-state index contributed by atoms with van der Waals surface area (Å²) >= 11 is 1.75. The zero-order chi connectivity index (χ0) is 11.7. The molecule has 3 nitrogen and oxygen atoms in total. The average Bonchev–Trinajstić information content (AvgIpc) is 2.92. The van der Waals surface area contributed by atoms with Crippen molar-refractivity contribution in [1.29, 1.82) is 0 Å². The van der Waals surface area contributed by atoms with E-state index in [1.54, 1.807) is 23.6 Å². The number of carbonyl (C=O) groups is 1. The van der Waals surface area contributed by atoms with Gasteiger partial charge in [-0.1, -0.05) is 12.1 Å². The molecule has 1 amide bonds. The zero-order valence-electron chi connectivity index (χ0n) is 9.17. The second-order valence-corrected chi connectivity index (χ2v) is 5.13. The van der Waals surface area contributed by atoms with Crippen LogP contribution in [0.1, 0.15) is 27.7 Å². The Kier molecular flexibility index (Phi) is 2.65. The van der Waals surface area contributed by atoms with Crippen LogP contribution in [0.4, 0.5) is 0 Å². The predicted molar refractivity (Wildman–Crippen MR) is 67.2 cm³/mol. The summed E-state index contributed by atoms with van der Waals surface area (Å²) in [6, 6.07) is 9.83. The Bertz CT molecular complexity index is 509. The smallest absolute Gasteiger partial charge is 0.270 e. The van der Waals surface area contributed by atoms with Crippen LogP contribution in [0.5, 0.6) is 0 Å². The summed E-state index contributed by atoms with van der Waals surface area (Å²) < 4.78 is 0. The highest BCUT2D eigenvalue weighted by Crippen LogP contribution is 2.42. The third kappa shape index (κ3) is 2.22.